The third-order valence-electron chi connectivity index (χ3n) is 4.52. The number of aromatic nitrogens is 1. The number of nitrogens with one attached hydrogen (secondary N) is 2. The number of esters is 1. The number of benzene rings is 1. The summed E-state index contributed by atoms with van der Waals surface area (Å²) < 4.78 is 16.9. The van der Waals surface area contributed by atoms with Gasteiger partial charge in [0.25, 0.3) is 11.7 Å². The van der Waals surface area contributed by atoms with Gasteiger partial charge in [0.15, 0.2) is 28.9 Å². The molecule has 2 amide bonds. The molecular weight excluding hydrogens is 398 g/mol. The number of carbonyl (C=O) groups is 3. The van der Waals surface area contributed by atoms with E-state index in [0.717, 1.165) is 37.0 Å². The van der Waals surface area contributed by atoms with E-state index in [1.165, 1.54) is 12.3 Å². The molecule has 0 saturated heterocycles. The average Bonchev–Trinajstić information content (AvgIpc) is 3.39. The van der Waals surface area contributed by atoms with E-state index in [4.69, 9.17) is 14.2 Å². The zero-order chi connectivity index (χ0) is 20.4. The van der Waals surface area contributed by atoms with Gasteiger partial charge in [0.2, 0.25) is 5.91 Å². The van der Waals surface area contributed by atoms with Gasteiger partial charge >= 0.3 is 5.97 Å². The number of fused-ring (bicyclic) bond motifs is 1. The Morgan fingerprint density at radius 1 is 1.17 bits per heavy atom. The summed E-state index contributed by atoms with van der Waals surface area (Å²) in [6.45, 7) is 0.873. The Morgan fingerprint density at radius 2 is 1.93 bits per heavy atom. The standard InChI is InChI=1S/C19H19N3O6S/c1-11(23)20-18-22-13(10-29-18)17(25)26-9-16(24)21-12-4-5-14-15(8-12)28-19(27-14)6-2-3-7-19/h4-5,8,10H,2-3,6-7,9H2,1H3,(H,21,24)(H,20,22,23). The smallest absolute Gasteiger partial charge is 0.358 e. The summed E-state index contributed by atoms with van der Waals surface area (Å²) in [5.41, 5.74) is 0.543. The first-order valence-corrected chi connectivity index (χ1v) is 10.0. The Hall–Kier alpha value is -3.14. The minimum absolute atomic E-state index is 0.0245. The van der Waals surface area contributed by atoms with Crippen LogP contribution in [0.5, 0.6) is 11.5 Å². The van der Waals surface area contributed by atoms with Gasteiger partial charge in [-0.3, -0.25) is 9.59 Å². The molecule has 1 spiro atoms. The fourth-order valence-electron chi connectivity index (χ4n) is 3.27. The van der Waals surface area contributed by atoms with Crippen molar-refractivity contribution in [1.29, 1.82) is 0 Å². The van der Waals surface area contributed by atoms with Gasteiger partial charge in [-0.15, -0.1) is 11.3 Å². The van der Waals surface area contributed by atoms with Crippen LogP contribution in [0.3, 0.4) is 0 Å². The molecule has 2 aromatic rings. The van der Waals surface area contributed by atoms with Crippen molar-refractivity contribution in [2.24, 2.45) is 0 Å². The Morgan fingerprint density at radius 3 is 2.69 bits per heavy atom. The highest BCUT2D eigenvalue weighted by Crippen LogP contribution is 2.47. The van der Waals surface area contributed by atoms with Crippen LogP contribution in [0.4, 0.5) is 10.8 Å². The summed E-state index contributed by atoms with van der Waals surface area (Å²) in [4.78, 5) is 39.0. The summed E-state index contributed by atoms with van der Waals surface area (Å²) in [6, 6.07) is 5.15. The monoisotopic (exact) mass is 417 g/mol. The summed E-state index contributed by atoms with van der Waals surface area (Å²) in [5, 5.41) is 6.87. The molecule has 1 aromatic heterocycles. The molecule has 2 aliphatic rings. The molecule has 1 fully saturated rings. The van der Waals surface area contributed by atoms with E-state index >= 15 is 0 Å². The molecule has 0 radical (unpaired) electrons. The predicted molar refractivity (Wildman–Crippen MR) is 104 cm³/mol. The highest BCUT2D eigenvalue weighted by molar-refractivity contribution is 7.14. The molecule has 152 valence electrons. The van der Waals surface area contributed by atoms with E-state index in [0.29, 0.717) is 17.2 Å². The lowest BCUT2D eigenvalue weighted by Gasteiger charge is -2.21. The van der Waals surface area contributed by atoms with Crippen LogP contribution in [-0.4, -0.2) is 35.2 Å². The predicted octanol–water partition coefficient (Wildman–Crippen LogP) is 2.94. The molecule has 4 rings (SSSR count). The van der Waals surface area contributed by atoms with E-state index in [9.17, 15) is 14.4 Å². The number of hydrogen-bond acceptors (Lipinski definition) is 8. The van der Waals surface area contributed by atoms with Crippen LogP contribution < -0.4 is 20.1 Å². The van der Waals surface area contributed by atoms with Crippen LogP contribution in [0.1, 0.15) is 43.1 Å². The van der Waals surface area contributed by atoms with Gasteiger partial charge in [0.05, 0.1) is 0 Å². The molecule has 2 N–H and O–H groups in total. The average molecular weight is 417 g/mol. The third-order valence-corrected chi connectivity index (χ3v) is 5.27. The molecule has 2 heterocycles. The normalized spacial score (nSPS) is 15.9. The molecule has 1 aliphatic carbocycles. The van der Waals surface area contributed by atoms with Gasteiger partial charge in [-0.25, -0.2) is 9.78 Å². The third kappa shape index (κ3) is 4.32. The maximum atomic E-state index is 12.1. The molecule has 1 saturated carbocycles. The van der Waals surface area contributed by atoms with E-state index < -0.39 is 24.3 Å². The van der Waals surface area contributed by atoms with E-state index in [2.05, 4.69) is 15.6 Å². The van der Waals surface area contributed by atoms with Crippen LogP contribution in [0, 0.1) is 0 Å². The number of ether oxygens (including phenoxy) is 3. The van der Waals surface area contributed by atoms with Crippen molar-refractivity contribution in [3.63, 3.8) is 0 Å². The van der Waals surface area contributed by atoms with Crippen LogP contribution in [-0.2, 0) is 14.3 Å². The largest absolute Gasteiger partial charge is 0.451 e. The number of nitrogens with zero attached hydrogens (tertiary/aromatic N) is 1. The number of amides is 2. The molecular formula is C19H19N3O6S. The summed E-state index contributed by atoms with van der Waals surface area (Å²) >= 11 is 1.09. The van der Waals surface area contributed by atoms with Gasteiger partial charge in [-0.1, -0.05) is 0 Å². The van der Waals surface area contributed by atoms with Crippen LogP contribution in [0.15, 0.2) is 23.6 Å². The minimum atomic E-state index is -0.748. The zero-order valence-corrected chi connectivity index (χ0v) is 16.5. The first-order chi connectivity index (χ1) is 13.9. The first kappa shape index (κ1) is 19.2. The molecule has 10 heteroatoms. The van der Waals surface area contributed by atoms with E-state index in [1.54, 1.807) is 18.2 Å². The Kier molecular flexibility index (Phi) is 5.10. The zero-order valence-electron chi connectivity index (χ0n) is 15.6. The van der Waals surface area contributed by atoms with E-state index in [-0.39, 0.29) is 16.7 Å². The highest BCUT2D eigenvalue weighted by atomic mass is 32.1. The Bertz CT molecular complexity index is 967. The maximum absolute atomic E-state index is 12.1. The second-order valence-corrected chi connectivity index (χ2v) is 7.68. The fourth-order valence-corrected chi connectivity index (χ4v) is 3.99. The molecule has 29 heavy (non-hydrogen) atoms. The van der Waals surface area contributed by atoms with Crippen molar-refractivity contribution >= 4 is 39.9 Å². The van der Waals surface area contributed by atoms with E-state index in [1.807, 2.05) is 0 Å². The fraction of sp³-hybridized carbons (Fsp3) is 0.368. The van der Waals surface area contributed by atoms with Gasteiger partial charge in [0.1, 0.15) is 0 Å². The van der Waals surface area contributed by atoms with Gasteiger partial charge in [0, 0.05) is 36.9 Å². The van der Waals surface area contributed by atoms with Crippen molar-refractivity contribution in [3.05, 3.63) is 29.3 Å². The van der Waals surface area contributed by atoms with Crippen molar-refractivity contribution in [2.75, 3.05) is 17.2 Å². The summed E-state index contributed by atoms with van der Waals surface area (Å²) in [6.07, 6.45) is 3.82. The second kappa shape index (κ2) is 7.70. The highest BCUT2D eigenvalue weighted by Gasteiger charge is 2.44. The van der Waals surface area contributed by atoms with Gasteiger partial charge < -0.3 is 24.8 Å². The second-order valence-electron chi connectivity index (χ2n) is 6.83. The SMILES string of the molecule is CC(=O)Nc1nc(C(=O)OCC(=O)Nc2ccc3c(c2)OC2(CCCC2)O3)cs1. The minimum Gasteiger partial charge on any atom is -0.451 e. The van der Waals surface area contributed by atoms with Gasteiger partial charge in [-0.05, 0) is 25.0 Å². The molecule has 1 aromatic carbocycles. The number of anilines is 2. The summed E-state index contributed by atoms with van der Waals surface area (Å²) in [5.74, 6) is -0.845. The molecule has 9 nitrogen and oxygen atoms in total. The van der Waals surface area contributed by atoms with Crippen LogP contribution in [0.2, 0.25) is 0 Å². The van der Waals surface area contributed by atoms with Crippen molar-refractivity contribution in [2.45, 2.75) is 38.4 Å². The Labute approximate surface area is 170 Å². The molecule has 0 atom stereocenters. The quantitative estimate of drug-likeness (QED) is 0.719. The summed E-state index contributed by atoms with van der Waals surface area (Å²) in [7, 11) is 0. The molecule has 0 unspecified atom stereocenters. The lowest BCUT2D eigenvalue weighted by molar-refractivity contribution is -0.119. The lowest BCUT2D eigenvalue weighted by Crippen LogP contribution is -2.34. The number of rotatable bonds is 5. The number of carbonyl (C=O) groups excluding carboxylic acids is 3. The molecule has 1 aliphatic heterocycles. The lowest BCUT2D eigenvalue weighted by atomic mass is 10.2. The Balaban J connectivity index is 1.30. The first-order valence-electron chi connectivity index (χ1n) is 9.15. The van der Waals surface area contributed by atoms with Crippen molar-refractivity contribution in [3.8, 4) is 11.5 Å². The van der Waals surface area contributed by atoms with Crippen molar-refractivity contribution in [1.82, 2.24) is 4.98 Å². The van der Waals surface area contributed by atoms with Crippen LogP contribution in [0.25, 0.3) is 0 Å². The topological polar surface area (TPSA) is 116 Å². The maximum Gasteiger partial charge on any atom is 0.358 e. The van der Waals surface area contributed by atoms with Crippen LogP contribution >= 0.6 is 11.3 Å². The van der Waals surface area contributed by atoms with Gasteiger partial charge in [-0.2, -0.15) is 0 Å². The van der Waals surface area contributed by atoms with Crippen molar-refractivity contribution < 1.29 is 28.6 Å². The number of thiazole rings is 1. The number of hydrogen-bond donors (Lipinski definition) is 2. The molecule has 0 bridgehead atoms.